The summed E-state index contributed by atoms with van der Waals surface area (Å²) in [6.45, 7) is 0. The zero-order valence-corrected chi connectivity index (χ0v) is 10.2. The molecule has 18 heavy (non-hydrogen) atoms. The minimum atomic E-state index is -0.180. The summed E-state index contributed by atoms with van der Waals surface area (Å²) in [7, 11) is 3.44. The molecule has 1 aromatic carbocycles. The van der Waals surface area contributed by atoms with Crippen LogP contribution in [0.2, 0.25) is 0 Å². The second kappa shape index (κ2) is 4.72. The molecular weight excluding hydrogens is 228 g/mol. The van der Waals surface area contributed by atoms with Crippen molar-refractivity contribution in [1.82, 2.24) is 9.78 Å². The lowest BCUT2D eigenvalue weighted by atomic mass is 10.2. The first-order valence-electron chi connectivity index (χ1n) is 5.39. The number of carbonyl (C=O) groups is 1. The van der Waals surface area contributed by atoms with Crippen molar-refractivity contribution in [3.05, 3.63) is 47.8 Å². The highest BCUT2D eigenvalue weighted by atomic mass is 16.2. The monoisotopic (exact) mass is 240 g/mol. The van der Waals surface area contributed by atoms with Crippen LogP contribution in [0.25, 0.3) is 0 Å². The van der Waals surface area contributed by atoms with Crippen LogP contribution in [0, 0.1) is 11.3 Å². The van der Waals surface area contributed by atoms with Crippen molar-refractivity contribution in [2.75, 3.05) is 11.9 Å². The Morgan fingerprint density at radius 2 is 2.00 bits per heavy atom. The van der Waals surface area contributed by atoms with Crippen LogP contribution in [0.5, 0.6) is 0 Å². The lowest BCUT2D eigenvalue weighted by molar-refractivity contribution is 0.0987. The van der Waals surface area contributed by atoms with Gasteiger partial charge in [0.25, 0.3) is 5.91 Å². The van der Waals surface area contributed by atoms with Gasteiger partial charge < -0.3 is 4.90 Å². The van der Waals surface area contributed by atoms with Gasteiger partial charge in [-0.3, -0.25) is 9.48 Å². The quantitative estimate of drug-likeness (QED) is 0.800. The highest BCUT2D eigenvalue weighted by Crippen LogP contribution is 2.15. The van der Waals surface area contributed by atoms with E-state index in [0.29, 0.717) is 11.3 Å². The molecule has 0 fully saturated rings. The first-order chi connectivity index (χ1) is 8.61. The molecular formula is C13H12N4O. The fourth-order valence-corrected chi connectivity index (χ4v) is 1.58. The van der Waals surface area contributed by atoms with Crippen molar-refractivity contribution in [2.24, 2.45) is 7.05 Å². The minimum Gasteiger partial charge on any atom is -0.310 e. The first kappa shape index (κ1) is 11.9. The molecule has 0 unspecified atom stereocenters. The maximum absolute atomic E-state index is 12.1. The highest BCUT2D eigenvalue weighted by Gasteiger charge is 2.15. The van der Waals surface area contributed by atoms with E-state index in [-0.39, 0.29) is 5.91 Å². The topological polar surface area (TPSA) is 61.9 Å². The van der Waals surface area contributed by atoms with Crippen LogP contribution in [0.1, 0.15) is 16.1 Å². The standard InChI is InChI=1S/C13H12N4O/c1-16-8-7-12(15-16)13(18)17(2)11-5-3-10(9-14)4-6-11/h3-8H,1-2H3. The Morgan fingerprint density at radius 1 is 1.33 bits per heavy atom. The number of hydrogen-bond acceptors (Lipinski definition) is 3. The van der Waals surface area contributed by atoms with Gasteiger partial charge in [0.2, 0.25) is 0 Å². The number of hydrogen-bond donors (Lipinski definition) is 0. The SMILES string of the molecule is CN(C(=O)c1ccn(C)n1)c1ccc(C#N)cc1. The number of nitriles is 1. The molecule has 5 nitrogen and oxygen atoms in total. The van der Waals surface area contributed by atoms with Gasteiger partial charge in [-0.05, 0) is 30.3 Å². The van der Waals surface area contributed by atoms with Crippen molar-refractivity contribution in [2.45, 2.75) is 0 Å². The largest absolute Gasteiger partial charge is 0.310 e. The normalized spacial score (nSPS) is 9.83. The van der Waals surface area contributed by atoms with Crippen LogP contribution in [0.4, 0.5) is 5.69 Å². The van der Waals surface area contributed by atoms with Crippen molar-refractivity contribution < 1.29 is 4.79 Å². The molecule has 0 atom stereocenters. The second-order valence-electron chi connectivity index (χ2n) is 3.90. The molecule has 90 valence electrons. The Hall–Kier alpha value is -2.61. The predicted molar refractivity (Wildman–Crippen MR) is 67.1 cm³/mol. The number of rotatable bonds is 2. The average Bonchev–Trinajstić information content (AvgIpc) is 2.84. The zero-order valence-electron chi connectivity index (χ0n) is 10.2. The summed E-state index contributed by atoms with van der Waals surface area (Å²) in [5, 5.41) is 12.8. The molecule has 2 rings (SSSR count). The molecule has 5 heteroatoms. The van der Waals surface area contributed by atoms with Crippen LogP contribution in [0.15, 0.2) is 36.5 Å². The Bertz CT molecular complexity index is 607. The number of benzene rings is 1. The third kappa shape index (κ3) is 2.23. The maximum Gasteiger partial charge on any atom is 0.278 e. The molecule has 0 saturated carbocycles. The van der Waals surface area contributed by atoms with E-state index in [1.807, 2.05) is 6.07 Å². The van der Waals surface area contributed by atoms with Crippen LogP contribution >= 0.6 is 0 Å². The lowest BCUT2D eigenvalue weighted by Gasteiger charge is -2.15. The molecule has 0 saturated heterocycles. The highest BCUT2D eigenvalue weighted by molar-refractivity contribution is 6.04. The maximum atomic E-state index is 12.1. The summed E-state index contributed by atoms with van der Waals surface area (Å²) in [6.07, 6.45) is 1.72. The van der Waals surface area contributed by atoms with Gasteiger partial charge in [0.1, 0.15) is 0 Å². The number of nitrogens with zero attached hydrogens (tertiary/aromatic N) is 4. The lowest BCUT2D eigenvalue weighted by Crippen LogP contribution is -2.26. The summed E-state index contributed by atoms with van der Waals surface area (Å²) >= 11 is 0. The Balaban J connectivity index is 2.23. The summed E-state index contributed by atoms with van der Waals surface area (Å²) < 4.78 is 1.58. The number of amides is 1. The summed E-state index contributed by atoms with van der Waals surface area (Å²) in [4.78, 5) is 13.6. The minimum absolute atomic E-state index is 0.180. The fourth-order valence-electron chi connectivity index (χ4n) is 1.58. The van der Waals surface area contributed by atoms with E-state index in [0.717, 1.165) is 5.69 Å². The molecule has 0 spiro atoms. The van der Waals surface area contributed by atoms with Crippen LogP contribution in [0.3, 0.4) is 0 Å². The predicted octanol–water partition coefficient (Wildman–Crippen LogP) is 1.57. The molecule has 2 aromatic rings. The zero-order chi connectivity index (χ0) is 13.1. The Morgan fingerprint density at radius 3 is 2.50 bits per heavy atom. The third-order valence-corrected chi connectivity index (χ3v) is 2.62. The molecule has 1 amide bonds. The van der Waals surface area contributed by atoms with Gasteiger partial charge in [0.05, 0.1) is 11.6 Å². The van der Waals surface area contributed by atoms with Crippen molar-refractivity contribution in [1.29, 1.82) is 5.26 Å². The van der Waals surface area contributed by atoms with E-state index in [1.54, 1.807) is 55.3 Å². The van der Waals surface area contributed by atoms with Gasteiger partial charge in [0, 0.05) is 26.0 Å². The first-order valence-corrected chi connectivity index (χ1v) is 5.39. The molecule has 1 aromatic heterocycles. The number of aryl methyl sites for hydroxylation is 1. The molecule has 0 aliphatic rings. The summed E-state index contributed by atoms with van der Waals surface area (Å²) in [6, 6.07) is 10.5. The molecule has 0 aliphatic carbocycles. The number of anilines is 1. The number of carbonyl (C=O) groups excluding carboxylic acids is 1. The second-order valence-corrected chi connectivity index (χ2v) is 3.90. The Kier molecular flexibility index (Phi) is 3.11. The molecule has 0 bridgehead atoms. The molecule has 0 N–H and O–H groups in total. The van der Waals surface area contributed by atoms with E-state index >= 15 is 0 Å². The van der Waals surface area contributed by atoms with Gasteiger partial charge in [-0.25, -0.2) is 0 Å². The fraction of sp³-hybridized carbons (Fsp3) is 0.154. The van der Waals surface area contributed by atoms with E-state index in [4.69, 9.17) is 5.26 Å². The summed E-state index contributed by atoms with van der Waals surface area (Å²) in [5.41, 5.74) is 1.69. The van der Waals surface area contributed by atoms with Gasteiger partial charge in [-0.2, -0.15) is 10.4 Å². The van der Waals surface area contributed by atoms with Crippen molar-refractivity contribution >= 4 is 11.6 Å². The average molecular weight is 240 g/mol. The molecule has 0 radical (unpaired) electrons. The molecule has 0 aliphatic heterocycles. The molecule has 1 heterocycles. The van der Waals surface area contributed by atoms with E-state index < -0.39 is 0 Å². The van der Waals surface area contributed by atoms with Crippen LogP contribution < -0.4 is 4.90 Å². The van der Waals surface area contributed by atoms with Crippen molar-refractivity contribution in [3.8, 4) is 6.07 Å². The van der Waals surface area contributed by atoms with Gasteiger partial charge >= 0.3 is 0 Å². The van der Waals surface area contributed by atoms with Crippen LogP contribution in [-0.4, -0.2) is 22.7 Å². The van der Waals surface area contributed by atoms with Gasteiger partial charge in [-0.15, -0.1) is 0 Å². The summed E-state index contributed by atoms with van der Waals surface area (Å²) in [5.74, 6) is -0.180. The number of aromatic nitrogens is 2. The van der Waals surface area contributed by atoms with E-state index in [2.05, 4.69) is 5.10 Å². The third-order valence-electron chi connectivity index (χ3n) is 2.62. The Labute approximate surface area is 105 Å². The van der Waals surface area contributed by atoms with Gasteiger partial charge in [-0.1, -0.05) is 0 Å². The van der Waals surface area contributed by atoms with E-state index in [1.165, 1.54) is 4.90 Å². The van der Waals surface area contributed by atoms with Gasteiger partial charge in [0.15, 0.2) is 5.69 Å². The van der Waals surface area contributed by atoms with Crippen LogP contribution in [-0.2, 0) is 7.05 Å². The van der Waals surface area contributed by atoms with Crippen molar-refractivity contribution in [3.63, 3.8) is 0 Å². The van der Waals surface area contributed by atoms with E-state index in [9.17, 15) is 4.79 Å². The smallest absolute Gasteiger partial charge is 0.278 e.